The van der Waals surface area contributed by atoms with Gasteiger partial charge in [0, 0.05) is 6.92 Å². The van der Waals surface area contributed by atoms with Gasteiger partial charge in [-0.1, -0.05) is 0 Å². The molecule has 1 aromatic heterocycles. The van der Waals surface area contributed by atoms with Gasteiger partial charge in [-0.25, -0.2) is 4.68 Å². The minimum atomic E-state index is -0.399. The van der Waals surface area contributed by atoms with Crippen molar-refractivity contribution >= 4 is 12.2 Å². The number of rotatable bonds is 4. The Morgan fingerprint density at radius 3 is 2.68 bits per heavy atom. The molecule has 1 aromatic carbocycles. The molecule has 0 aliphatic heterocycles. The maximum atomic E-state index is 10.9. The molecule has 1 heterocycles. The molecule has 0 radical (unpaired) electrons. The van der Waals surface area contributed by atoms with Gasteiger partial charge in [0.2, 0.25) is 0 Å². The van der Waals surface area contributed by atoms with Crippen LogP contribution in [-0.2, 0) is 4.79 Å². The fourth-order valence-electron chi connectivity index (χ4n) is 1.39. The van der Waals surface area contributed by atoms with Crippen LogP contribution in [0, 0.1) is 0 Å². The highest BCUT2D eigenvalue weighted by molar-refractivity contribution is 5.81. The number of hydrogen-bond acceptors (Lipinski definition) is 6. The molecule has 0 bridgehead atoms. The SMILES string of the molecule is COc1cc(C=Nn2cnnc2)ccc1OC(C)=O. The van der Waals surface area contributed by atoms with Gasteiger partial charge in [0.1, 0.15) is 12.7 Å². The Kier molecular flexibility index (Phi) is 3.87. The van der Waals surface area contributed by atoms with E-state index in [0.717, 1.165) is 5.56 Å². The van der Waals surface area contributed by atoms with Crippen LogP contribution in [0.4, 0.5) is 0 Å². The molecule has 0 unspecified atom stereocenters. The Hall–Kier alpha value is -2.70. The quantitative estimate of drug-likeness (QED) is 0.467. The summed E-state index contributed by atoms with van der Waals surface area (Å²) >= 11 is 0. The van der Waals surface area contributed by atoms with Gasteiger partial charge in [0.15, 0.2) is 11.5 Å². The second kappa shape index (κ2) is 5.76. The lowest BCUT2D eigenvalue weighted by Crippen LogP contribution is -2.03. The van der Waals surface area contributed by atoms with E-state index in [1.54, 1.807) is 24.4 Å². The molecule has 0 atom stereocenters. The molecule has 98 valence electrons. The fraction of sp³-hybridized carbons (Fsp3) is 0.167. The maximum absolute atomic E-state index is 10.9. The Morgan fingerprint density at radius 2 is 2.05 bits per heavy atom. The molecule has 0 saturated heterocycles. The third-order valence-electron chi connectivity index (χ3n) is 2.19. The van der Waals surface area contributed by atoms with Crippen molar-refractivity contribution in [1.82, 2.24) is 14.9 Å². The Morgan fingerprint density at radius 1 is 1.32 bits per heavy atom. The van der Waals surface area contributed by atoms with Gasteiger partial charge < -0.3 is 9.47 Å². The molecule has 0 amide bonds. The van der Waals surface area contributed by atoms with Crippen LogP contribution >= 0.6 is 0 Å². The van der Waals surface area contributed by atoms with Crippen LogP contribution in [0.25, 0.3) is 0 Å². The van der Waals surface area contributed by atoms with E-state index in [-0.39, 0.29) is 0 Å². The lowest BCUT2D eigenvalue weighted by Gasteiger charge is -2.08. The lowest BCUT2D eigenvalue weighted by atomic mass is 10.2. The first-order valence-corrected chi connectivity index (χ1v) is 5.44. The average molecular weight is 260 g/mol. The van der Waals surface area contributed by atoms with Crippen LogP contribution in [0.15, 0.2) is 36.0 Å². The highest BCUT2D eigenvalue weighted by atomic mass is 16.6. The summed E-state index contributed by atoms with van der Waals surface area (Å²) in [5.74, 6) is 0.434. The summed E-state index contributed by atoms with van der Waals surface area (Å²) < 4.78 is 11.6. The van der Waals surface area contributed by atoms with E-state index in [2.05, 4.69) is 15.3 Å². The largest absolute Gasteiger partial charge is 0.493 e. The third kappa shape index (κ3) is 3.38. The van der Waals surface area contributed by atoms with Crippen LogP contribution in [0.2, 0.25) is 0 Å². The zero-order valence-corrected chi connectivity index (χ0v) is 10.5. The summed E-state index contributed by atoms with van der Waals surface area (Å²) in [6.45, 7) is 1.33. The molecule has 2 aromatic rings. The van der Waals surface area contributed by atoms with Crippen LogP contribution in [0.5, 0.6) is 11.5 Å². The average Bonchev–Trinajstić information content (AvgIpc) is 2.90. The van der Waals surface area contributed by atoms with E-state index in [0.29, 0.717) is 11.5 Å². The van der Waals surface area contributed by atoms with Gasteiger partial charge in [0.05, 0.1) is 13.3 Å². The highest BCUT2D eigenvalue weighted by Gasteiger charge is 2.07. The van der Waals surface area contributed by atoms with Gasteiger partial charge in [0.25, 0.3) is 0 Å². The van der Waals surface area contributed by atoms with Crippen LogP contribution in [0.3, 0.4) is 0 Å². The number of methoxy groups -OCH3 is 1. The summed E-state index contributed by atoms with van der Waals surface area (Å²) in [6, 6.07) is 5.12. The molecule has 0 saturated carbocycles. The standard InChI is InChI=1S/C12H12N4O3/c1-9(17)19-11-4-3-10(5-12(11)18-2)6-15-16-7-13-14-8-16/h3-8H,1-2H3. The van der Waals surface area contributed by atoms with Crippen molar-refractivity contribution in [2.75, 3.05) is 7.11 Å². The molecule has 7 nitrogen and oxygen atoms in total. The zero-order valence-electron chi connectivity index (χ0n) is 10.5. The predicted octanol–water partition coefficient (Wildman–Crippen LogP) is 1.09. The van der Waals surface area contributed by atoms with Gasteiger partial charge in [-0.3, -0.25) is 4.79 Å². The molecule has 0 fully saturated rings. The lowest BCUT2D eigenvalue weighted by molar-refractivity contribution is -0.132. The molecule has 2 rings (SSSR count). The molecule has 0 spiro atoms. The normalized spacial score (nSPS) is 10.6. The minimum absolute atomic E-state index is 0.372. The summed E-state index contributed by atoms with van der Waals surface area (Å²) in [7, 11) is 1.50. The second-order valence-electron chi connectivity index (χ2n) is 3.59. The van der Waals surface area contributed by atoms with Crippen molar-refractivity contribution in [3.05, 3.63) is 36.4 Å². The number of carbonyl (C=O) groups excluding carboxylic acids is 1. The van der Waals surface area contributed by atoms with E-state index >= 15 is 0 Å². The van der Waals surface area contributed by atoms with Crippen molar-refractivity contribution in [3.8, 4) is 11.5 Å². The summed E-state index contributed by atoms with van der Waals surface area (Å²) in [6.07, 6.45) is 4.56. The smallest absolute Gasteiger partial charge is 0.308 e. The van der Waals surface area contributed by atoms with Gasteiger partial charge in [-0.2, -0.15) is 5.10 Å². The van der Waals surface area contributed by atoms with E-state index in [1.165, 1.54) is 31.4 Å². The van der Waals surface area contributed by atoms with Gasteiger partial charge in [-0.15, -0.1) is 10.2 Å². The third-order valence-corrected chi connectivity index (χ3v) is 2.19. The highest BCUT2D eigenvalue weighted by Crippen LogP contribution is 2.27. The summed E-state index contributed by atoms with van der Waals surface area (Å²) in [5.41, 5.74) is 0.793. The van der Waals surface area contributed by atoms with Crippen molar-refractivity contribution in [2.24, 2.45) is 5.10 Å². The second-order valence-corrected chi connectivity index (χ2v) is 3.59. The molecule has 0 aliphatic carbocycles. The van der Waals surface area contributed by atoms with Gasteiger partial charge >= 0.3 is 5.97 Å². The number of nitrogens with zero attached hydrogens (tertiary/aromatic N) is 4. The monoisotopic (exact) mass is 260 g/mol. The molecule has 0 aliphatic rings. The van der Waals surface area contributed by atoms with E-state index in [1.807, 2.05) is 0 Å². The molecule has 0 N–H and O–H groups in total. The summed E-state index contributed by atoms with van der Waals surface area (Å²) in [4.78, 5) is 10.9. The number of esters is 1. The van der Waals surface area contributed by atoms with Crippen LogP contribution in [0.1, 0.15) is 12.5 Å². The summed E-state index contributed by atoms with van der Waals surface area (Å²) in [5, 5.41) is 11.4. The zero-order chi connectivity index (χ0) is 13.7. The molecular weight excluding hydrogens is 248 g/mol. The molecule has 7 heteroatoms. The first-order valence-electron chi connectivity index (χ1n) is 5.44. The van der Waals surface area contributed by atoms with Crippen molar-refractivity contribution < 1.29 is 14.3 Å². The van der Waals surface area contributed by atoms with Crippen molar-refractivity contribution in [3.63, 3.8) is 0 Å². The number of hydrogen-bond donors (Lipinski definition) is 0. The topological polar surface area (TPSA) is 78.6 Å². The van der Waals surface area contributed by atoms with Crippen LogP contribution in [-0.4, -0.2) is 34.2 Å². The van der Waals surface area contributed by atoms with Crippen molar-refractivity contribution in [2.45, 2.75) is 6.92 Å². The Bertz CT molecular complexity index is 593. The number of ether oxygens (including phenoxy) is 2. The minimum Gasteiger partial charge on any atom is -0.493 e. The van der Waals surface area contributed by atoms with E-state index in [9.17, 15) is 4.79 Å². The number of benzene rings is 1. The van der Waals surface area contributed by atoms with E-state index in [4.69, 9.17) is 9.47 Å². The predicted molar refractivity (Wildman–Crippen MR) is 67.3 cm³/mol. The maximum Gasteiger partial charge on any atom is 0.308 e. The first-order chi connectivity index (χ1) is 9.19. The van der Waals surface area contributed by atoms with Gasteiger partial charge in [-0.05, 0) is 23.8 Å². The Balaban J connectivity index is 2.21. The molecule has 19 heavy (non-hydrogen) atoms. The van der Waals surface area contributed by atoms with E-state index < -0.39 is 5.97 Å². The fourth-order valence-corrected chi connectivity index (χ4v) is 1.39. The molecular formula is C12H12N4O3. The van der Waals surface area contributed by atoms with Crippen LogP contribution < -0.4 is 9.47 Å². The Labute approximate surface area is 109 Å². The number of aromatic nitrogens is 3. The van der Waals surface area contributed by atoms with Crippen molar-refractivity contribution in [1.29, 1.82) is 0 Å². The number of carbonyl (C=O) groups is 1. The first kappa shape index (κ1) is 12.7.